The standard InChI is InChI=1S/C23H19N3O4/c1-28-18-9-11-19(12-10-18)30-23-20(8-5-13-24-23)26-21(27)14-17-15-29-22(25-17)16-6-3-2-4-7-16/h2-13,15H,14H2,1H3,(H,26,27). The highest BCUT2D eigenvalue weighted by Crippen LogP contribution is 2.28. The highest BCUT2D eigenvalue weighted by atomic mass is 16.5. The van der Waals surface area contributed by atoms with Gasteiger partial charge in [-0.2, -0.15) is 0 Å². The molecule has 4 aromatic rings. The van der Waals surface area contributed by atoms with Crippen molar-refractivity contribution in [2.24, 2.45) is 0 Å². The summed E-state index contributed by atoms with van der Waals surface area (Å²) >= 11 is 0. The van der Waals surface area contributed by atoms with Gasteiger partial charge in [0.2, 0.25) is 17.7 Å². The minimum atomic E-state index is -0.254. The molecule has 0 spiro atoms. The Hall–Kier alpha value is -4.13. The van der Waals surface area contributed by atoms with Gasteiger partial charge in [0, 0.05) is 11.8 Å². The molecule has 30 heavy (non-hydrogen) atoms. The van der Waals surface area contributed by atoms with E-state index in [1.54, 1.807) is 49.7 Å². The highest BCUT2D eigenvalue weighted by Gasteiger charge is 2.13. The maximum atomic E-state index is 12.5. The maximum absolute atomic E-state index is 12.5. The van der Waals surface area contributed by atoms with Crippen molar-refractivity contribution in [3.05, 3.63) is 84.9 Å². The third-order valence-corrected chi connectivity index (χ3v) is 4.23. The molecule has 1 N–H and O–H groups in total. The zero-order valence-corrected chi connectivity index (χ0v) is 16.2. The number of hydrogen-bond acceptors (Lipinski definition) is 6. The van der Waals surface area contributed by atoms with Crippen LogP contribution in [0.3, 0.4) is 0 Å². The van der Waals surface area contributed by atoms with Crippen LogP contribution in [-0.4, -0.2) is 23.0 Å². The Morgan fingerprint density at radius 3 is 2.53 bits per heavy atom. The predicted molar refractivity (Wildman–Crippen MR) is 112 cm³/mol. The van der Waals surface area contributed by atoms with Crippen LogP contribution in [0.4, 0.5) is 5.69 Å². The second-order valence-electron chi connectivity index (χ2n) is 6.37. The Morgan fingerprint density at radius 1 is 1.00 bits per heavy atom. The maximum Gasteiger partial charge on any atom is 0.243 e. The molecule has 2 aromatic heterocycles. The van der Waals surface area contributed by atoms with Crippen LogP contribution in [0.1, 0.15) is 5.69 Å². The van der Waals surface area contributed by atoms with Gasteiger partial charge in [0.15, 0.2) is 0 Å². The normalized spacial score (nSPS) is 10.4. The first-order valence-corrected chi connectivity index (χ1v) is 9.28. The molecule has 0 aliphatic rings. The molecular weight excluding hydrogens is 382 g/mol. The third-order valence-electron chi connectivity index (χ3n) is 4.23. The molecule has 150 valence electrons. The van der Waals surface area contributed by atoms with Gasteiger partial charge >= 0.3 is 0 Å². The van der Waals surface area contributed by atoms with Gasteiger partial charge in [0.1, 0.15) is 23.4 Å². The molecule has 0 radical (unpaired) electrons. The first kappa shape index (κ1) is 19.2. The highest BCUT2D eigenvalue weighted by molar-refractivity contribution is 5.93. The van der Waals surface area contributed by atoms with E-state index in [2.05, 4.69) is 15.3 Å². The summed E-state index contributed by atoms with van der Waals surface area (Å²) in [5.41, 5.74) is 1.85. The number of oxazole rings is 1. The molecule has 0 aliphatic carbocycles. The lowest BCUT2D eigenvalue weighted by Crippen LogP contribution is -2.15. The summed E-state index contributed by atoms with van der Waals surface area (Å²) in [5, 5.41) is 2.82. The van der Waals surface area contributed by atoms with E-state index in [9.17, 15) is 4.79 Å². The SMILES string of the molecule is COc1ccc(Oc2ncccc2NC(=O)Cc2coc(-c3ccccc3)n2)cc1. The van der Waals surface area contributed by atoms with Crippen LogP contribution in [0, 0.1) is 0 Å². The van der Waals surface area contributed by atoms with Gasteiger partial charge in [-0.1, -0.05) is 18.2 Å². The van der Waals surface area contributed by atoms with Crippen LogP contribution < -0.4 is 14.8 Å². The van der Waals surface area contributed by atoms with Gasteiger partial charge in [-0.25, -0.2) is 9.97 Å². The lowest BCUT2D eigenvalue weighted by atomic mass is 10.2. The number of carbonyl (C=O) groups is 1. The number of aromatic nitrogens is 2. The first-order valence-electron chi connectivity index (χ1n) is 9.28. The van der Waals surface area contributed by atoms with E-state index in [1.807, 2.05) is 30.3 Å². The number of anilines is 1. The van der Waals surface area contributed by atoms with Crippen LogP contribution in [0.25, 0.3) is 11.5 Å². The van der Waals surface area contributed by atoms with Gasteiger partial charge in [0.05, 0.1) is 19.2 Å². The number of ether oxygens (including phenoxy) is 2. The van der Waals surface area contributed by atoms with Gasteiger partial charge in [-0.15, -0.1) is 0 Å². The molecule has 0 unspecified atom stereocenters. The number of pyridine rings is 1. The molecule has 0 saturated carbocycles. The van der Waals surface area contributed by atoms with Crippen molar-refractivity contribution in [1.29, 1.82) is 0 Å². The number of nitrogens with one attached hydrogen (secondary N) is 1. The number of benzene rings is 2. The summed E-state index contributed by atoms with van der Waals surface area (Å²) in [4.78, 5) is 21.1. The van der Waals surface area contributed by atoms with Crippen molar-refractivity contribution in [3.63, 3.8) is 0 Å². The smallest absolute Gasteiger partial charge is 0.243 e. The second kappa shape index (κ2) is 8.91. The fourth-order valence-corrected chi connectivity index (χ4v) is 2.78. The average molecular weight is 401 g/mol. The first-order chi connectivity index (χ1) is 14.7. The number of carbonyl (C=O) groups excluding carboxylic acids is 1. The fourth-order valence-electron chi connectivity index (χ4n) is 2.78. The van der Waals surface area contributed by atoms with Crippen molar-refractivity contribution >= 4 is 11.6 Å². The largest absolute Gasteiger partial charge is 0.497 e. The zero-order valence-electron chi connectivity index (χ0n) is 16.2. The molecule has 2 aromatic carbocycles. The zero-order chi connectivity index (χ0) is 20.8. The van der Waals surface area contributed by atoms with E-state index in [4.69, 9.17) is 13.9 Å². The Balaban J connectivity index is 1.43. The summed E-state index contributed by atoms with van der Waals surface area (Å²) in [6, 6.07) is 20.1. The van der Waals surface area contributed by atoms with E-state index in [1.165, 1.54) is 6.26 Å². The molecule has 1 amide bonds. The number of nitrogens with zero attached hydrogens (tertiary/aromatic N) is 2. The van der Waals surface area contributed by atoms with Crippen LogP contribution >= 0.6 is 0 Å². The number of hydrogen-bond donors (Lipinski definition) is 1. The lowest BCUT2D eigenvalue weighted by Gasteiger charge is -2.11. The van der Waals surface area contributed by atoms with Crippen molar-refractivity contribution < 1.29 is 18.7 Å². The van der Waals surface area contributed by atoms with Crippen molar-refractivity contribution in [2.45, 2.75) is 6.42 Å². The van der Waals surface area contributed by atoms with E-state index in [-0.39, 0.29) is 12.3 Å². The summed E-state index contributed by atoms with van der Waals surface area (Å²) < 4.78 is 16.4. The van der Waals surface area contributed by atoms with E-state index in [0.29, 0.717) is 28.9 Å². The number of amides is 1. The second-order valence-corrected chi connectivity index (χ2v) is 6.37. The minimum absolute atomic E-state index is 0.0627. The van der Waals surface area contributed by atoms with E-state index < -0.39 is 0 Å². The molecule has 0 bridgehead atoms. The number of rotatable bonds is 7. The average Bonchev–Trinajstić information content (AvgIpc) is 3.24. The summed E-state index contributed by atoms with van der Waals surface area (Å²) in [7, 11) is 1.60. The molecule has 0 atom stereocenters. The molecule has 7 heteroatoms. The quantitative estimate of drug-likeness (QED) is 0.482. The molecule has 0 saturated heterocycles. The molecular formula is C23H19N3O4. The molecule has 0 fully saturated rings. The summed E-state index contributed by atoms with van der Waals surface area (Å²) in [6.45, 7) is 0. The monoisotopic (exact) mass is 401 g/mol. The van der Waals surface area contributed by atoms with E-state index in [0.717, 1.165) is 11.3 Å². The van der Waals surface area contributed by atoms with E-state index >= 15 is 0 Å². The molecule has 2 heterocycles. The Morgan fingerprint density at radius 2 is 1.77 bits per heavy atom. The molecule has 7 nitrogen and oxygen atoms in total. The van der Waals surface area contributed by atoms with Crippen LogP contribution in [0.5, 0.6) is 17.4 Å². The molecule has 4 rings (SSSR count). The Kier molecular flexibility index (Phi) is 5.70. The summed E-state index contributed by atoms with van der Waals surface area (Å²) in [5.74, 6) is 1.81. The predicted octanol–water partition coefficient (Wildman–Crippen LogP) is 4.72. The Labute approximate surface area is 173 Å². The van der Waals surface area contributed by atoms with Gasteiger partial charge in [-0.05, 0) is 48.5 Å². The Bertz CT molecular complexity index is 1120. The van der Waals surface area contributed by atoms with Crippen LogP contribution in [-0.2, 0) is 11.2 Å². The van der Waals surface area contributed by atoms with Crippen LogP contribution in [0.2, 0.25) is 0 Å². The molecule has 0 aliphatic heterocycles. The third kappa shape index (κ3) is 4.64. The number of methoxy groups -OCH3 is 1. The van der Waals surface area contributed by atoms with Crippen molar-refractivity contribution in [2.75, 3.05) is 12.4 Å². The minimum Gasteiger partial charge on any atom is -0.497 e. The van der Waals surface area contributed by atoms with Gasteiger partial charge < -0.3 is 19.2 Å². The van der Waals surface area contributed by atoms with Crippen molar-refractivity contribution in [3.8, 4) is 28.8 Å². The van der Waals surface area contributed by atoms with Gasteiger partial charge in [0.25, 0.3) is 0 Å². The fraction of sp³-hybridized carbons (Fsp3) is 0.0870. The topological polar surface area (TPSA) is 86.5 Å². The summed E-state index contributed by atoms with van der Waals surface area (Å²) in [6.07, 6.45) is 3.14. The van der Waals surface area contributed by atoms with Crippen molar-refractivity contribution in [1.82, 2.24) is 9.97 Å². The lowest BCUT2D eigenvalue weighted by molar-refractivity contribution is -0.115. The van der Waals surface area contributed by atoms with Crippen LogP contribution in [0.15, 0.2) is 83.6 Å². The van der Waals surface area contributed by atoms with Gasteiger partial charge in [-0.3, -0.25) is 4.79 Å².